The van der Waals surface area contributed by atoms with Crippen LogP contribution in [0.15, 0.2) is 5.16 Å². The lowest BCUT2D eigenvalue weighted by Crippen LogP contribution is -2.49. The first-order valence-corrected chi connectivity index (χ1v) is 6.77. The van der Waals surface area contributed by atoms with Crippen molar-refractivity contribution in [2.45, 2.75) is 53.1 Å². The van der Waals surface area contributed by atoms with Gasteiger partial charge in [-0.3, -0.25) is 0 Å². The van der Waals surface area contributed by atoms with Crippen LogP contribution in [0, 0.1) is 17.3 Å². The monoisotopic (exact) mass is 253 g/mol. The standard InChI is InChI=1S/C14H23NO3/c1-6-17-12(16)14-9(2)7-8-10(14)11(15-18-14)13(3,4)5/h9-10H,6-8H2,1-5H3. The van der Waals surface area contributed by atoms with Gasteiger partial charge in [0.15, 0.2) is 0 Å². The number of hydrogen-bond donors (Lipinski definition) is 0. The summed E-state index contributed by atoms with van der Waals surface area (Å²) >= 11 is 0. The van der Waals surface area contributed by atoms with Gasteiger partial charge in [0.05, 0.1) is 18.2 Å². The van der Waals surface area contributed by atoms with Crippen molar-refractivity contribution in [2.75, 3.05) is 6.61 Å². The van der Waals surface area contributed by atoms with Gasteiger partial charge in [0.1, 0.15) is 0 Å². The van der Waals surface area contributed by atoms with Crippen LogP contribution in [0.3, 0.4) is 0 Å². The van der Waals surface area contributed by atoms with E-state index in [2.05, 4.69) is 32.9 Å². The highest BCUT2D eigenvalue weighted by atomic mass is 16.7. The molecule has 1 aliphatic carbocycles. The number of esters is 1. The number of rotatable bonds is 2. The lowest BCUT2D eigenvalue weighted by molar-refractivity contribution is -0.176. The van der Waals surface area contributed by atoms with Gasteiger partial charge < -0.3 is 9.57 Å². The van der Waals surface area contributed by atoms with Gasteiger partial charge in [-0.05, 0) is 19.8 Å². The molecule has 0 amide bonds. The van der Waals surface area contributed by atoms with Gasteiger partial charge in [0.25, 0.3) is 0 Å². The molecule has 3 unspecified atom stereocenters. The minimum Gasteiger partial charge on any atom is -0.463 e. The molecule has 0 saturated heterocycles. The molecule has 1 fully saturated rings. The van der Waals surface area contributed by atoms with Crippen LogP contribution in [0.2, 0.25) is 0 Å². The van der Waals surface area contributed by atoms with Crippen LogP contribution in [-0.4, -0.2) is 23.9 Å². The molecule has 2 aliphatic rings. The first-order valence-electron chi connectivity index (χ1n) is 6.77. The first-order chi connectivity index (χ1) is 8.34. The molecule has 0 radical (unpaired) electrons. The average molecular weight is 253 g/mol. The van der Waals surface area contributed by atoms with E-state index in [1.807, 2.05) is 6.92 Å². The van der Waals surface area contributed by atoms with E-state index in [1.165, 1.54) is 0 Å². The molecule has 0 N–H and O–H groups in total. The van der Waals surface area contributed by atoms with Crippen LogP contribution < -0.4 is 0 Å². The average Bonchev–Trinajstić information content (AvgIpc) is 2.77. The molecule has 18 heavy (non-hydrogen) atoms. The van der Waals surface area contributed by atoms with E-state index < -0.39 is 5.60 Å². The predicted molar refractivity (Wildman–Crippen MR) is 69.2 cm³/mol. The quantitative estimate of drug-likeness (QED) is 0.711. The van der Waals surface area contributed by atoms with E-state index in [-0.39, 0.29) is 23.2 Å². The van der Waals surface area contributed by atoms with Crippen LogP contribution >= 0.6 is 0 Å². The molecule has 0 aromatic carbocycles. The second kappa shape index (κ2) is 4.25. The summed E-state index contributed by atoms with van der Waals surface area (Å²) < 4.78 is 5.22. The summed E-state index contributed by atoms with van der Waals surface area (Å²) in [6.45, 7) is 10.6. The number of carbonyl (C=O) groups excluding carboxylic acids is 1. The molecule has 0 spiro atoms. The minimum atomic E-state index is -0.862. The minimum absolute atomic E-state index is 0.0665. The zero-order valence-electron chi connectivity index (χ0n) is 11.9. The third-order valence-corrected chi connectivity index (χ3v) is 4.13. The molecule has 2 rings (SSSR count). The molecule has 4 nitrogen and oxygen atoms in total. The highest BCUT2D eigenvalue weighted by molar-refractivity contribution is 5.99. The highest BCUT2D eigenvalue weighted by Gasteiger charge is 2.64. The maximum atomic E-state index is 12.3. The van der Waals surface area contributed by atoms with Gasteiger partial charge in [-0.2, -0.15) is 0 Å². The first kappa shape index (κ1) is 13.4. The maximum Gasteiger partial charge on any atom is 0.354 e. The topological polar surface area (TPSA) is 47.9 Å². The Balaban J connectivity index is 2.33. The molecular weight excluding hydrogens is 230 g/mol. The van der Waals surface area contributed by atoms with Crippen molar-refractivity contribution in [2.24, 2.45) is 22.4 Å². The second-order valence-electron chi connectivity index (χ2n) is 6.36. The summed E-state index contributed by atoms with van der Waals surface area (Å²) in [4.78, 5) is 18.0. The van der Waals surface area contributed by atoms with E-state index in [0.29, 0.717) is 6.61 Å². The van der Waals surface area contributed by atoms with E-state index in [0.717, 1.165) is 18.6 Å². The number of hydrogen-bond acceptors (Lipinski definition) is 4. The third-order valence-electron chi connectivity index (χ3n) is 4.13. The molecule has 0 bridgehead atoms. The summed E-state index contributed by atoms with van der Waals surface area (Å²) in [5, 5.41) is 4.23. The molecule has 4 heteroatoms. The fourth-order valence-corrected chi connectivity index (χ4v) is 3.15. The molecule has 3 atom stereocenters. The molecule has 1 saturated carbocycles. The maximum absolute atomic E-state index is 12.3. The summed E-state index contributed by atoms with van der Waals surface area (Å²) in [6, 6.07) is 0. The van der Waals surface area contributed by atoms with E-state index in [9.17, 15) is 4.79 Å². The third kappa shape index (κ3) is 1.73. The Labute approximate surface area is 109 Å². The molecule has 102 valence electrons. The van der Waals surface area contributed by atoms with Crippen molar-refractivity contribution < 1.29 is 14.4 Å². The second-order valence-corrected chi connectivity index (χ2v) is 6.36. The predicted octanol–water partition coefficient (Wildman–Crippen LogP) is 2.77. The molecule has 0 aromatic rings. The smallest absolute Gasteiger partial charge is 0.354 e. The number of oxime groups is 1. The van der Waals surface area contributed by atoms with Crippen LogP contribution in [0.1, 0.15) is 47.5 Å². The fourth-order valence-electron chi connectivity index (χ4n) is 3.15. The summed E-state index contributed by atoms with van der Waals surface area (Å²) in [5.74, 6) is -0.0142. The Kier molecular flexibility index (Phi) is 3.16. The summed E-state index contributed by atoms with van der Waals surface area (Å²) in [5.41, 5.74) is 0.0709. The fraction of sp³-hybridized carbons (Fsp3) is 0.857. The van der Waals surface area contributed by atoms with Crippen molar-refractivity contribution in [3.8, 4) is 0 Å². The Morgan fingerprint density at radius 1 is 1.50 bits per heavy atom. The number of fused-ring (bicyclic) bond motifs is 1. The van der Waals surface area contributed by atoms with Crippen molar-refractivity contribution in [3.63, 3.8) is 0 Å². The number of ether oxygens (including phenoxy) is 1. The van der Waals surface area contributed by atoms with E-state index in [1.54, 1.807) is 0 Å². The van der Waals surface area contributed by atoms with Gasteiger partial charge in [-0.25, -0.2) is 4.79 Å². The molecule has 1 heterocycles. The number of carbonyl (C=O) groups is 1. The van der Waals surface area contributed by atoms with E-state index in [4.69, 9.17) is 9.57 Å². The molecule has 0 aromatic heterocycles. The SMILES string of the molecule is CCOC(=O)C12ON=C(C(C)(C)C)C1CCC2C. The van der Waals surface area contributed by atoms with Gasteiger partial charge in [-0.15, -0.1) is 0 Å². The van der Waals surface area contributed by atoms with Crippen molar-refractivity contribution in [3.05, 3.63) is 0 Å². The van der Waals surface area contributed by atoms with Gasteiger partial charge >= 0.3 is 5.97 Å². The van der Waals surface area contributed by atoms with Crippen LogP contribution in [-0.2, 0) is 14.4 Å². The Bertz CT molecular complexity index is 383. The Hall–Kier alpha value is -1.06. The van der Waals surface area contributed by atoms with Crippen LogP contribution in [0.4, 0.5) is 0 Å². The largest absolute Gasteiger partial charge is 0.463 e. The van der Waals surface area contributed by atoms with Crippen molar-refractivity contribution in [1.29, 1.82) is 0 Å². The van der Waals surface area contributed by atoms with Crippen molar-refractivity contribution in [1.82, 2.24) is 0 Å². The van der Waals surface area contributed by atoms with Crippen LogP contribution in [0.5, 0.6) is 0 Å². The lowest BCUT2D eigenvalue weighted by Gasteiger charge is -2.30. The normalized spacial score (nSPS) is 34.8. The Morgan fingerprint density at radius 3 is 2.72 bits per heavy atom. The summed E-state index contributed by atoms with van der Waals surface area (Å²) in [6.07, 6.45) is 1.94. The summed E-state index contributed by atoms with van der Waals surface area (Å²) in [7, 11) is 0. The van der Waals surface area contributed by atoms with Crippen molar-refractivity contribution >= 4 is 11.7 Å². The highest BCUT2D eigenvalue weighted by Crippen LogP contribution is 2.51. The number of nitrogens with zero attached hydrogens (tertiary/aromatic N) is 1. The van der Waals surface area contributed by atoms with Gasteiger partial charge in [0, 0.05) is 11.3 Å². The molecular formula is C14H23NO3. The van der Waals surface area contributed by atoms with E-state index >= 15 is 0 Å². The zero-order chi connectivity index (χ0) is 13.6. The molecule has 1 aliphatic heterocycles. The lowest BCUT2D eigenvalue weighted by atomic mass is 9.75. The van der Waals surface area contributed by atoms with Crippen LogP contribution in [0.25, 0.3) is 0 Å². The van der Waals surface area contributed by atoms with Gasteiger partial charge in [-0.1, -0.05) is 32.9 Å². The zero-order valence-corrected chi connectivity index (χ0v) is 11.9. The Morgan fingerprint density at radius 2 is 2.17 bits per heavy atom. The van der Waals surface area contributed by atoms with Gasteiger partial charge in [0.2, 0.25) is 5.60 Å².